The second kappa shape index (κ2) is 6.78. The molecule has 0 unspecified atom stereocenters. The van der Waals surface area contributed by atoms with E-state index < -0.39 is 0 Å². The summed E-state index contributed by atoms with van der Waals surface area (Å²) in [5.41, 5.74) is 3.75. The van der Waals surface area contributed by atoms with Crippen LogP contribution in [0.1, 0.15) is 47.2 Å². The average molecular weight is 376 g/mol. The normalized spacial score (nSPS) is 16.7. The minimum absolute atomic E-state index is 0.0114. The van der Waals surface area contributed by atoms with Crippen LogP contribution in [0.15, 0.2) is 36.0 Å². The number of amides is 1. The van der Waals surface area contributed by atoms with Gasteiger partial charge in [0.2, 0.25) is 0 Å². The largest absolute Gasteiger partial charge is 0.366 e. The topological polar surface area (TPSA) is 66.9 Å². The van der Waals surface area contributed by atoms with Gasteiger partial charge in [-0.05, 0) is 43.4 Å². The van der Waals surface area contributed by atoms with Crippen LogP contribution in [-0.2, 0) is 0 Å². The Morgan fingerprint density at radius 2 is 1.96 bits per heavy atom. The number of hydrogen-bond acceptors (Lipinski definition) is 5. The lowest BCUT2D eigenvalue weighted by molar-refractivity contribution is 0.0951. The standard InChI is InChI=1S/C21H20N4OS/c26-21(25-17-8-9-17)14-3-1-2-13(10-14)4-5-15-11-27-19-18(15)22-12-23-20(19)24-16-6-7-16/h1-5,10-12,16-17H,6-9H2,(H,25,26)(H,22,23,24)/b5-4+. The molecule has 0 atom stereocenters. The van der Waals surface area contributed by atoms with Crippen molar-refractivity contribution in [3.8, 4) is 0 Å². The van der Waals surface area contributed by atoms with Gasteiger partial charge in [-0.3, -0.25) is 4.79 Å². The van der Waals surface area contributed by atoms with Crippen molar-refractivity contribution in [3.05, 3.63) is 52.7 Å². The van der Waals surface area contributed by atoms with Crippen LogP contribution in [0, 0.1) is 0 Å². The van der Waals surface area contributed by atoms with Gasteiger partial charge in [-0.25, -0.2) is 9.97 Å². The molecule has 0 saturated heterocycles. The molecule has 2 aliphatic carbocycles. The van der Waals surface area contributed by atoms with Crippen molar-refractivity contribution < 1.29 is 4.79 Å². The number of fused-ring (bicyclic) bond motifs is 1. The molecule has 2 aromatic heterocycles. The zero-order chi connectivity index (χ0) is 18.2. The van der Waals surface area contributed by atoms with E-state index in [4.69, 9.17) is 0 Å². The number of carbonyl (C=O) groups is 1. The van der Waals surface area contributed by atoms with E-state index in [9.17, 15) is 4.79 Å². The zero-order valence-corrected chi connectivity index (χ0v) is 15.6. The summed E-state index contributed by atoms with van der Waals surface area (Å²) in [7, 11) is 0. The van der Waals surface area contributed by atoms with E-state index in [1.54, 1.807) is 17.7 Å². The Balaban J connectivity index is 1.38. The number of benzene rings is 1. The minimum Gasteiger partial charge on any atom is -0.366 e. The lowest BCUT2D eigenvalue weighted by Crippen LogP contribution is -2.25. The van der Waals surface area contributed by atoms with Gasteiger partial charge in [0, 0.05) is 28.6 Å². The number of nitrogens with one attached hydrogen (secondary N) is 2. The van der Waals surface area contributed by atoms with E-state index >= 15 is 0 Å². The SMILES string of the molecule is O=C(NC1CC1)c1cccc(/C=C/c2csc3c(NC4CC4)ncnc23)c1. The molecule has 2 saturated carbocycles. The molecule has 2 aliphatic rings. The van der Waals surface area contributed by atoms with Gasteiger partial charge in [-0.15, -0.1) is 11.3 Å². The Morgan fingerprint density at radius 3 is 2.78 bits per heavy atom. The van der Waals surface area contributed by atoms with Crippen LogP contribution >= 0.6 is 11.3 Å². The highest BCUT2D eigenvalue weighted by atomic mass is 32.1. The summed E-state index contributed by atoms with van der Waals surface area (Å²) in [5, 5.41) is 8.62. The molecule has 0 aliphatic heterocycles. The van der Waals surface area contributed by atoms with Gasteiger partial charge < -0.3 is 10.6 Å². The lowest BCUT2D eigenvalue weighted by Gasteiger charge is -2.04. The second-order valence-electron chi connectivity index (χ2n) is 7.22. The van der Waals surface area contributed by atoms with E-state index in [0.717, 1.165) is 40.0 Å². The monoisotopic (exact) mass is 376 g/mol. The van der Waals surface area contributed by atoms with Gasteiger partial charge in [-0.2, -0.15) is 0 Å². The highest BCUT2D eigenvalue weighted by molar-refractivity contribution is 7.18. The predicted octanol–water partition coefficient (Wildman–Crippen LogP) is 4.33. The minimum atomic E-state index is 0.0114. The van der Waals surface area contributed by atoms with Crippen molar-refractivity contribution in [1.29, 1.82) is 0 Å². The first kappa shape index (κ1) is 16.4. The summed E-state index contributed by atoms with van der Waals surface area (Å²) in [5.74, 6) is 0.947. The molecular weight excluding hydrogens is 356 g/mol. The van der Waals surface area contributed by atoms with Gasteiger partial charge in [0.05, 0.1) is 10.2 Å². The first-order valence-corrected chi connectivity index (χ1v) is 10.2. The summed E-state index contributed by atoms with van der Waals surface area (Å²) in [6.45, 7) is 0. The van der Waals surface area contributed by atoms with E-state index in [1.165, 1.54) is 12.8 Å². The smallest absolute Gasteiger partial charge is 0.251 e. The molecule has 3 aromatic rings. The molecule has 2 heterocycles. The third-order valence-corrected chi connectivity index (χ3v) is 5.81. The lowest BCUT2D eigenvalue weighted by atomic mass is 10.1. The fourth-order valence-electron chi connectivity index (χ4n) is 2.98. The van der Waals surface area contributed by atoms with Crippen molar-refractivity contribution in [3.63, 3.8) is 0 Å². The van der Waals surface area contributed by atoms with Crippen molar-refractivity contribution in [1.82, 2.24) is 15.3 Å². The van der Waals surface area contributed by atoms with Crippen LogP contribution in [-0.4, -0.2) is 28.0 Å². The molecule has 0 bridgehead atoms. The fraction of sp³-hybridized carbons (Fsp3) is 0.286. The molecule has 0 spiro atoms. The van der Waals surface area contributed by atoms with Crippen LogP contribution < -0.4 is 10.6 Å². The van der Waals surface area contributed by atoms with Crippen molar-refractivity contribution in [2.45, 2.75) is 37.8 Å². The van der Waals surface area contributed by atoms with Gasteiger partial charge in [0.1, 0.15) is 12.1 Å². The first-order chi connectivity index (χ1) is 13.3. The molecule has 2 N–H and O–H groups in total. The molecule has 0 radical (unpaired) electrons. The van der Waals surface area contributed by atoms with E-state index in [-0.39, 0.29) is 5.91 Å². The quantitative estimate of drug-likeness (QED) is 0.672. The van der Waals surface area contributed by atoms with Gasteiger partial charge in [0.25, 0.3) is 5.91 Å². The number of aromatic nitrogens is 2. The molecule has 5 rings (SSSR count). The molecule has 6 heteroatoms. The summed E-state index contributed by atoms with van der Waals surface area (Å²) in [6.07, 6.45) is 10.3. The fourth-order valence-corrected chi connectivity index (χ4v) is 3.92. The summed E-state index contributed by atoms with van der Waals surface area (Å²) >= 11 is 1.66. The Kier molecular flexibility index (Phi) is 4.13. The van der Waals surface area contributed by atoms with Gasteiger partial charge >= 0.3 is 0 Å². The number of thiophene rings is 1. The van der Waals surface area contributed by atoms with Crippen LogP contribution in [0.4, 0.5) is 5.82 Å². The Bertz CT molecular complexity index is 1030. The second-order valence-corrected chi connectivity index (χ2v) is 8.10. The van der Waals surface area contributed by atoms with Gasteiger partial charge in [0.15, 0.2) is 0 Å². The van der Waals surface area contributed by atoms with Crippen LogP contribution in [0.2, 0.25) is 0 Å². The summed E-state index contributed by atoms with van der Waals surface area (Å²) in [6, 6.07) is 8.65. The van der Waals surface area contributed by atoms with E-state index in [1.807, 2.05) is 30.3 Å². The third kappa shape index (κ3) is 3.71. The highest BCUT2D eigenvalue weighted by Gasteiger charge is 2.24. The molecule has 5 nitrogen and oxygen atoms in total. The highest BCUT2D eigenvalue weighted by Crippen LogP contribution is 2.33. The van der Waals surface area contributed by atoms with Crippen LogP contribution in [0.25, 0.3) is 22.4 Å². The first-order valence-electron chi connectivity index (χ1n) is 9.34. The van der Waals surface area contributed by atoms with E-state index in [2.05, 4.69) is 32.1 Å². The number of anilines is 1. The number of carbonyl (C=O) groups excluding carboxylic acids is 1. The number of rotatable bonds is 6. The maximum Gasteiger partial charge on any atom is 0.251 e. The van der Waals surface area contributed by atoms with Crippen molar-refractivity contribution in [2.75, 3.05) is 5.32 Å². The average Bonchev–Trinajstić information content (AvgIpc) is 3.61. The predicted molar refractivity (Wildman–Crippen MR) is 110 cm³/mol. The third-order valence-electron chi connectivity index (χ3n) is 4.82. The van der Waals surface area contributed by atoms with Crippen molar-refractivity contribution in [2.24, 2.45) is 0 Å². The van der Waals surface area contributed by atoms with Crippen molar-refractivity contribution >= 4 is 45.4 Å². The molecule has 27 heavy (non-hydrogen) atoms. The molecule has 1 amide bonds. The summed E-state index contributed by atoms with van der Waals surface area (Å²) in [4.78, 5) is 21.1. The maximum atomic E-state index is 12.2. The molecule has 1 aromatic carbocycles. The summed E-state index contributed by atoms with van der Waals surface area (Å²) < 4.78 is 1.10. The van der Waals surface area contributed by atoms with Crippen LogP contribution in [0.5, 0.6) is 0 Å². The Morgan fingerprint density at radius 1 is 1.11 bits per heavy atom. The zero-order valence-electron chi connectivity index (χ0n) is 14.8. The van der Waals surface area contributed by atoms with Crippen LogP contribution in [0.3, 0.4) is 0 Å². The Hall–Kier alpha value is -2.73. The number of nitrogens with zero attached hydrogens (tertiary/aromatic N) is 2. The van der Waals surface area contributed by atoms with E-state index in [0.29, 0.717) is 17.6 Å². The molecule has 136 valence electrons. The van der Waals surface area contributed by atoms with Gasteiger partial charge in [-0.1, -0.05) is 24.3 Å². The Labute approximate surface area is 161 Å². The maximum absolute atomic E-state index is 12.2. The molecular formula is C21H20N4OS. The number of hydrogen-bond donors (Lipinski definition) is 2. The molecule has 2 fully saturated rings.